The molecule has 0 fully saturated rings. The highest BCUT2D eigenvalue weighted by Crippen LogP contribution is 2.41. The molecule has 0 aliphatic rings. The van der Waals surface area contributed by atoms with Gasteiger partial charge in [-0.2, -0.15) is 0 Å². The van der Waals surface area contributed by atoms with Crippen molar-refractivity contribution in [1.82, 2.24) is 0 Å². The summed E-state index contributed by atoms with van der Waals surface area (Å²) in [6.07, 6.45) is 0. The second kappa shape index (κ2) is 5.21. The van der Waals surface area contributed by atoms with Crippen molar-refractivity contribution in [2.45, 2.75) is 0 Å². The highest BCUT2D eigenvalue weighted by Gasteiger charge is 2.26. The van der Waals surface area contributed by atoms with Crippen molar-refractivity contribution in [3.8, 4) is 5.06 Å². The van der Waals surface area contributed by atoms with E-state index in [1.54, 1.807) is 0 Å². The second-order valence-electron chi connectivity index (χ2n) is 2.64. The maximum atomic E-state index is 10.8. The summed E-state index contributed by atoms with van der Waals surface area (Å²) >= 11 is 0.478. The monoisotopic (exact) mass is 262 g/mol. The Hall–Kier alpha value is -2.23. The summed E-state index contributed by atoms with van der Waals surface area (Å²) in [4.78, 5) is 30.2. The molecule has 0 saturated heterocycles. The van der Waals surface area contributed by atoms with Crippen molar-refractivity contribution in [1.29, 1.82) is 0 Å². The van der Waals surface area contributed by atoms with Gasteiger partial charge in [-0.15, -0.1) is 0 Å². The maximum Gasteiger partial charge on any atom is 0.343 e. The minimum absolute atomic E-state index is 0.299. The van der Waals surface area contributed by atoms with Gasteiger partial charge >= 0.3 is 16.7 Å². The number of hydrogen-bond acceptors (Lipinski definition) is 8. The number of nitrogens with zero attached hydrogens (tertiary/aromatic N) is 2. The van der Waals surface area contributed by atoms with E-state index >= 15 is 0 Å². The van der Waals surface area contributed by atoms with Crippen molar-refractivity contribution in [3.05, 3.63) is 26.3 Å². The van der Waals surface area contributed by atoms with Gasteiger partial charge in [0.15, 0.2) is 6.61 Å². The molecule has 0 saturated carbocycles. The topological polar surface area (TPSA) is 122 Å². The van der Waals surface area contributed by atoms with Crippen molar-refractivity contribution in [2.24, 2.45) is 0 Å². The van der Waals surface area contributed by atoms with Crippen LogP contribution in [0.4, 0.5) is 10.7 Å². The van der Waals surface area contributed by atoms with Crippen LogP contribution in [-0.2, 0) is 9.53 Å². The first-order valence-corrected chi connectivity index (χ1v) is 4.89. The predicted octanol–water partition coefficient (Wildman–Crippen LogP) is 1.12. The van der Waals surface area contributed by atoms with Gasteiger partial charge in [0.05, 0.1) is 17.0 Å². The Balaban J connectivity index is 2.92. The minimum atomic E-state index is -0.823. The molecule has 92 valence electrons. The third-order valence-electron chi connectivity index (χ3n) is 1.59. The largest absolute Gasteiger partial charge is 0.467 e. The molecule has 0 unspecified atom stereocenters. The molecule has 1 aromatic rings. The summed E-state index contributed by atoms with van der Waals surface area (Å²) in [6, 6.07) is 0.775. The fraction of sp³-hybridized carbons (Fsp3) is 0.286. The van der Waals surface area contributed by atoms with Gasteiger partial charge in [-0.1, -0.05) is 0 Å². The summed E-state index contributed by atoms with van der Waals surface area (Å²) in [5.41, 5.74) is -0.550. The fourth-order valence-electron chi connectivity index (χ4n) is 0.857. The molecule has 0 aromatic carbocycles. The lowest BCUT2D eigenvalue weighted by Crippen LogP contribution is -2.12. The van der Waals surface area contributed by atoms with Gasteiger partial charge in [-0.25, -0.2) is 4.79 Å². The van der Waals surface area contributed by atoms with Crippen LogP contribution < -0.4 is 4.74 Å². The smallest absolute Gasteiger partial charge is 0.343 e. The highest BCUT2D eigenvalue weighted by atomic mass is 32.1. The molecule has 9 nitrogen and oxygen atoms in total. The first kappa shape index (κ1) is 12.8. The zero-order valence-electron chi connectivity index (χ0n) is 8.44. The standard InChI is InChI=1S/C7H6N2O7S/c1-15-6(10)3-16-7-4(8(11)12)2-5(17-7)9(13)14/h2H,3H2,1H3. The number of rotatable bonds is 5. The molecule has 0 N–H and O–H groups in total. The summed E-state index contributed by atoms with van der Waals surface area (Å²) in [5.74, 6) is -0.740. The quantitative estimate of drug-likeness (QED) is 0.442. The molecule has 1 rings (SSSR count). The van der Waals surface area contributed by atoms with Gasteiger partial charge in [0.2, 0.25) is 0 Å². The van der Waals surface area contributed by atoms with E-state index in [1.165, 1.54) is 0 Å². The van der Waals surface area contributed by atoms with Crippen LogP contribution in [0.3, 0.4) is 0 Å². The SMILES string of the molecule is COC(=O)COc1sc([N+](=O)[O-])cc1[N+](=O)[O-]. The maximum absolute atomic E-state index is 10.8. The minimum Gasteiger partial charge on any atom is -0.467 e. The lowest BCUT2D eigenvalue weighted by atomic mass is 10.5. The van der Waals surface area contributed by atoms with Gasteiger partial charge in [0, 0.05) is 0 Å². The summed E-state index contributed by atoms with van der Waals surface area (Å²) in [5, 5.41) is 20.3. The molecule has 1 heterocycles. The number of carbonyl (C=O) groups is 1. The van der Waals surface area contributed by atoms with Crippen LogP contribution in [0.2, 0.25) is 0 Å². The van der Waals surface area contributed by atoms with E-state index in [4.69, 9.17) is 4.74 Å². The predicted molar refractivity (Wildman–Crippen MR) is 55.1 cm³/mol. The van der Waals surface area contributed by atoms with Gasteiger partial charge in [-0.3, -0.25) is 20.2 Å². The molecular weight excluding hydrogens is 256 g/mol. The summed E-state index contributed by atoms with van der Waals surface area (Å²) in [7, 11) is 1.12. The Bertz CT molecular complexity index is 469. The van der Waals surface area contributed by atoms with E-state index in [2.05, 4.69) is 4.74 Å². The van der Waals surface area contributed by atoms with Crippen molar-refractivity contribution < 1.29 is 24.1 Å². The van der Waals surface area contributed by atoms with E-state index in [1.807, 2.05) is 0 Å². The zero-order chi connectivity index (χ0) is 13.0. The number of esters is 1. The second-order valence-corrected chi connectivity index (χ2v) is 3.63. The van der Waals surface area contributed by atoms with E-state index in [0.717, 1.165) is 13.2 Å². The van der Waals surface area contributed by atoms with Crippen LogP contribution >= 0.6 is 11.3 Å². The number of methoxy groups -OCH3 is 1. The highest BCUT2D eigenvalue weighted by molar-refractivity contribution is 7.17. The van der Waals surface area contributed by atoms with E-state index in [-0.39, 0.29) is 5.06 Å². The Morgan fingerprint density at radius 1 is 1.41 bits per heavy atom. The Morgan fingerprint density at radius 2 is 2.06 bits per heavy atom. The lowest BCUT2D eigenvalue weighted by molar-refractivity contribution is -0.390. The summed E-state index contributed by atoms with van der Waals surface area (Å²) in [6.45, 7) is -0.547. The van der Waals surface area contributed by atoms with Gasteiger partial charge < -0.3 is 9.47 Å². The number of thiophene rings is 1. The molecule has 0 atom stereocenters. The lowest BCUT2D eigenvalue weighted by Gasteiger charge is -2.00. The number of hydrogen-bond donors (Lipinski definition) is 0. The van der Waals surface area contributed by atoms with Crippen LogP contribution in [-0.4, -0.2) is 29.5 Å². The van der Waals surface area contributed by atoms with E-state index < -0.39 is 33.1 Å². The van der Waals surface area contributed by atoms with Crippen molar-refractivity contribution in [2.75, 3.05) is 13.7 Å². The molecule has 17 heavy (non-hydrogen) atoms. The van der Waals surface area contributed by atoms with Gasteiger partial charge in [0.25, 0.3) is 5.06 Å². The molecule has 10 heteroatoms. The average Bonchev–Trinajstić information content (AvgIpc) is 2.70. The van der Waals surface area contributed by atoms with Crippen LogP contribution in [0.5, 0.6) is 5.06 Å². The number of carbonyl (C=O) groups excluding carboxylic acids is 1. The molecule has 1 aromatic heterocycles. The molecule has 0 aliphatic carbocycles. The molecular formula is C7H6N2O7S. The number of ether oxygens (including phenoxy) is 2. The van der Waals surface area contributed by atoms with Crippen LogP contribution in [0.15, 0.2) is 6.07 Å². The first-order chi connectivity index (χ1) is 7.95. The fourth-order valence-corrected chi connectivity index (χ4v) is 1.65. The molecule has 0 aliphatic heterocycles. The average molecular weight is 262 g/mol. The molecule has 0 spiro atoms. The summed E-state index contributed by atoms with van der Waals surface area (Å²) < 4.78 is 9.04. The molecule has 0 radical (unpaired) electrons. The Labute approximate surface area is 97.9 Å². The number of nitro groups is 2. The Kier molecular flexibility index (Phi) is 3.93. The normalized spacial score (nSPS) is 9.71. The van der Waals surface area contributed by atoms with E-state index in [0.29, 0.717) is 11.3 Å². The van der Waals surface area contributed by atoms with Crippen LogP contribution in [0.1, 0.15) is 0 Å². The van der Waals surface area contributed by atoms with Crippen LogP contribution in [0, 0.1) is 20.2 Å². The zero-order valence-corrected chi connectivity index (χ0v) is 9.26. The first-order valence-electron chi connectivity index (χ1n) is 4.08. The van der Waals surface area contributed by atoms with Crippen molar-refractivity contribution >= 4 is 28.0 Å². The van der Waals surface area contributed by atoms with Gasteiger partial charge in [-0.05, 0) is 11.3 Å². The van der Waals surface area contributed by atoms with Gasteiger partial charge in [0.1, 0.15) is 6.07 Å². The van der Waals surface area contributed by atoms with E-state index in [9.17, 15) is 25.0 Å². The molecule has 0 bridgehead atoms. The third-order valence-corrected chi connectivity index (χ3v) is 2.58. The van der Waals surface area contributed by atoms with Crippen LogP contribution in [0.25, 0.3) is 0 Å². The third kappa shape index (κ3) is 3.11. The Morgan fingerprint density at radius 3 is 2.53 bits per heavy atom. The van der Waals surface area contributed by atoms with Crippen molar-refractivity contribution in [3.63, 3.8) is 0 Å². The molecule has 0 amide bonds.